The highest BCUT2D eigenvalue weighted by molar-refractivity contribution is 7.90. The Labute approximate surface area is 116 Å². The number of sulfone groups is 1. The lowest BCUT2D eigenvalue weighted by Crippen LogP contribution is -2.48. The molecule has 3 nitrogen and oxygen atoms in total. The molecule has 1 aliphatic heterocycles. The lowest BCUT2D eigenvalue weighted by molar-refractivity contribution is 0.0902. The number of likely N-dealkylation sites (N-methyl/N-ethyl adjacent to an activating group) is 1. The quantitative estimate of drug-likeness (QED) is 0.854. The molecule has 0 bridgehead atoms. The Balaban J connectivity index is 2.15. The second-order valence-corrected chi connectivity index (χ2v) is 7.98. The lowest BCUT2D eigenvalue weighted by atomic mass is 9.83. The molecule has 106 valence electrons. The predicted octanol–water partition coefficient (Wildman–Crippen LogP) is 2.51. The molecule has 1 aromatic carbocycles. The van der Waals surface area contributed by atoms with E-state index in [0.29, 0.717) is 4.90 Å². The fourth-order valence-electron chi connectivity index (χ4n) is 2.83. The lowest BCUT2D eigenvalue weighted by Gasteiger charge is -2.43. The van der Waals surface area contributed by atoms with Gasteiger partial charge in [0.05, 0.1) is 4.90 Å². The van der Waals surface area contributed by atoms with Crippen molar-refractivity contribution in [3.8, 4) is 0 Å². The van der Waals surface area contributed by atoms with E-state index >= 15 is 0 Å². The second-order valence-electron chi connectivity index (χ2n) is 5.97. The van der Waals surface area contributed by atoms with Crippen LogP contribution in [0.2, 0.25) is 0 Å². The molecular formula is C15H23NO2S. The number of piperidine rings is 1. The van der Waals surface area contributed by atoms with Gasteiger partial charge in [-0.3, -0.25) is 0 Å². The molecule has 1 unspecified atom stereocenters. The van der Waals surface area contributed by atoms with Gasteiger partial charge in [0.2, 0.25) is 0 Å². The minimum Gasteiger partial charge on any atom is -0.301 e. The van der Waals surface area contributed by atoms with Gasteiger partial charge in [-0.1, -0.05) is 18.6 Å². The van der Waals surface area contributed by atoms with Crippen LogP contribution in [0.1, 0.15) is 31.7 Å². The maximum Gasteiger partial charge on any atom is 0.175 e. The molecule has 1 heterocycles. The summed E-state index contributed by atoms with van der Waals surface area (Å²) in [4.78, 5) is 2.83. The first-order chi connectivity index (χ1) is 8.81. The Hall–Kier alpha value is -0.870. The van der Waals surface area contributed by atoms with Gasteiger partial charge in [-0.05, 0) is 57.5 Å². The molecular weight excluding hydrogens is 258 g/mol. The Kier molecular flexibility index (Phi) is 4.02. The van der Waals surface area contributed by atoms with Gasteiger partial charge < -0.3 is 4.90 Å². The Morgan fingerprint density at radius 2 is 1.84 bits per heavy atom. The molecule has 0 radical (unpaired) electrons. The summed E-state index contributed by atoms with van der Waals surface area (Å²) in [6, 6.07) is 7.34. The van der Waals surface area contributed by atoms with E-state index in [0.717, 1.165) is 13.0 Å². The maximum atomic E-state index is 11.4. The van der Waals surface area contributed by atoms with Gasteiger partial charge in [-0.15, -0.1) is 0 Å². The van der Waals surface area contributed by atoms with Crippen molar-refractivity contribution in [2.75, 3.05) is 19.8 Å². The van der Waals surface area contributed by atoms with E-state index in [1.165, 1.54) is 31.1 Å². The smallest absolute Gasteiger partial charge is 0.175 e. The maximum absolute atomic E-state index is 11.4. The van der Waals surface area contributed by atoms with Crippen molar-refractivity contribution in [1.29, 1.82) is 0 Å². The summed E-state index contributed by atoms with van der Waals surface area (Å²) < 4.78 is 22.9. The number of rotatable bonds is 3. The molecule has 1 fully saturated rings. The van der Waals surface area contributed by atoms with Crippen LogP contribution in [0.25, 0.3) is 0 Å². The standard InChI is InChI=1S/C15H23NO2S/c1-15(10-4-5-11-16(15)2)12-13-6-8-14(9-7-13)19(3,17)18/h6-9H,4-5,10-12H2,1-3H3. The van der Waals surface area contributed by atoms with Gasteiger partial charge in [0.1, 0.15) is 0 Å². The van der Waals surface area contributed by atoms with Crippen molar-refractivity contribution < 1.29 is 8.42 Å². The van der Waals surface area contributed by atoms with Gasteiger partial charge in [0.15, 0.2) is 9.84 Å². The van der Waals surface area contributed by atoms with Crippen LogP contribution in [0, 0.1) is 0 Å². The normalized spacial score (nSPS) is 25.4. The Morgan fingerprint density at radius 1 is 1.21 bits per heavy atom. The summed E-state index contributed by atoms with van der Waals surface area (Å²) in [5.41, 5.74) is 1.41. The van der Waals surface area contributed by atoms with Crippen LogP contribution in [0.4, 0.5) is 0 Å². The van der Waals surface area contributed by atoms with Crippen molar-refractivity contribution in [3.63, 3.8) is 0 Å². The minimum absolute atomic E-state index is 0.199. The Bertz CT molecular complexity index is 536. The molecule has 1 saturated heterocycles. The average Bonchev–Trinajstić information content (AvgIpc) is 2.33. The summed E-state index contributed by atoms with van der Waals surface area (Å²) in [6.07, 6.45) is 5.99. The van der Waals surface area contributed by atoms with Crippen LogP contribution >= 0.6 is 0 Å². The van der Waals surface area contributed by atoms with Crippen LogP contribution in [-0.4, -0.2) is 38.7 Å². The van der Waals surface area contributed by atoms with Gasteiger partial charge >= 0.3 is 0 Å². The van der Waals surface area contributed by atoms with Crippen LogP contribution in [-0.2, 0) is 16.3 Å². The summed E-state index contributed by atoms with van der Waals surface area (Å²) in [5, 5.41) is 0. The third-order valence-corrected chi connectivity index (χ3v) is 5.45. The zero-order valence-electron chi connectivity index (χ0n) is 12.0. The summed E-state index contributed by atoms with van der Waals surface area (Å²) in [6.45, 7) is 3.45. The molecule has 0 aromatic heterocycles. The average molecular weight is 281 g/mol. The first-order valence-corrected chi connectivity index (χ1v) is 8.71. The molecule has 1 aromatic rings. The number of nitrogens with zero attached hydrogens (tertiary/aromatic N) is 1. The highest BCUT2D eigenvalue weighted by Gasteiger charge is 2.31. The van der Waals surface area contributed by atoms with E-state index in [1.807, 2.05) is 12.1 Å². The van der Waals surface area contributed by atoms with E-state index < -0.39 is 9.84 Å². The molecule has 0 N–H and O–H groups in total. The molecule has 1 atom stereocenters. The van der Waals surface area contributed by atoms with Crippen LogP contribution in [0.5, 0.6) is 0 Å². The van der Waals surface area contributed by atoms with E-state index in [4.69, 9.17) is 0 Å². The fraction of sp³-hybridized carbons (Fsp3) is 0.600. The SMILES string of the molecule is CN1CCCCC1(C)Cc1ccc(S(C)(=O)=O)cc1. The number of benzene rings is 1. The zero-order valence-corrected chi connectivity index (χ0v) is 12.8. The van der Waals surface area contributed by atoms with Crippen LogP contribution < -0.4 is 0 Å². The topological polar surface area (TPSA) is 37.4 Å². The molecule has 0 amide bonds. The van der Waals surface area contributed by atoms with Gasteiger partial charge in [0.25, 0.3) is 0 Å². The first kappa shape index (κ1) is 14.5. The van der Waals surface area contributed by atoms with E-state index in [-0.39, 0.29) is 5.54 Å². The molecule has 0 aliphatic carbocycles. The number of hydrogen-bond acceptors (Lipinski definition) is 3. The summed E-state index contributed by atoms with van der Waals surface area (Å²) in [7, 11) is -0.905. The van der Waals surface area contributed by atoms with Crippen LogP contribution in [0.15, 0.2) is 29.2 Å². The van der Waals surface area contributed by atoms with Crippen molar-refractivity contribution in [1.82, 2.24) is 4.90 Å². The molecule has 0 spiro atoms. The van der Waals surface area contributed by atoms with E-state index in [1.54, 1.807) is 12.1 Å². The molecule has 2 rings (SSSR count). The Morgan fingerprint density at radius 3 is 2.37 bits per heavy atom. The highest BCUT2D eigenvalue weighted by Crippen LogP contribution is 2.30. The summed E-state index contributed by atoms with van der Waals surface area (Å²) in [5.74, 6) is 0. The third-order valence-electron chi connectivity index (χ3n) is 4.32. The van der Waals surface area contributed by atoms with Crippen molar-refractivity contribution >= 4 is 9.84 Å². The van der Waals surface area contributed by atoms with Crippen LogP contribution in [0.3, 0.4) is 0 Å². The minimum atomic E-state index is -3.09. The molecule has 0 saturated carbocycles. The largest absolute Gasteiger partial charge is 0.301 e. The predicted molar refractivity (Wildman–Crippen MR) is 78.1 cm³/mol. The van der Waals surface area contributed by atoms with E-state index in [2.05, 4.69) is 18.9 Å². The first-order valence-electron chi connectivity index (χ1n) is 6.81. The van der Waals surface area contributed by atoms with Crippen molar-refractivity contribution in [3.05, 3.63) is 29.8 Å². The zero-order chi connectivity index (χ0) is 14.1. The molecule has 19 heavy (non-hydrogen) atoms. The molecule has 1 aliphatic rings. The van der Waals surface area contributed by atoms with Crippen molar-refractivity contribution in [2.45, 2.75) is 43.0 Å². The van der Waals surface area contributed by atoms with Gasteiger partial charge in [0, 0.05) is 11.8 Å². The number of likely N-dealkylation sites (tertiary alicyclic amines) is 1. The third kappa shape index (κ3) is 3.37. The second kappa shape index (κ2) is 5.25. The van der Waals surface area contributed by atoms with Crippen molar-refractivity contribution in [2.24, 2.45) is 0 Å². The summed E-state index contributed by atoms with van der Waals surface area (Å²) >= 11 is 0. The van der Waals surface area contributed by atoms with E-state index in [9.17, 15) is 8.42 Å². The van der Waals surface area contributed by atoms with Gasteiger partial charge in [-0.25, -0.2) is 8.42 Å². The molecule has 4 heteroatoms. The van der Waals surface area contributed by atoms with Gasteiger partial charge in [-0.2, -0.15) is 0 Å². The monoisotopic (exact) mass is 281 g/mol. The highest BCUT2D eigenvalue weighted by atomic mass is 32.2. The fourth-order valence-corrected chi connectivity index (χ4v) is 3.46. The number of hydrogen-bond donors (Lipinski definition) is 0.